The molecule has 0 spiro atoms. The van der Waals surface area contributed by atoms with Crippen LogP contribution in [0.2, 0.25) is 0 Å². The van der Waals surface area contributed by atoms with Crippen molar-refractivity contribution in [3.8, 4) is 0 Å². The molecule has 0 aromatic heterocycles. The molecular weight excluding hydrogens is 495 g/mol. The number of hydrogen-bond donors (Lipinski definition) is 0. The zero-order chi connectivity index (χ0) is 22.7. The molecule has 0 unspecified atom stereocenters. The van der Waals surface area contributed by atoms with E-state index in [4.69, 9.17) is 9.98 Å². The van der Waals surface area contributed by atoms with Crippen LogP contribution in [0.4, 0.5) is 11.4 Å². The summed E-state index contributed by atoms with van der Waals surface area (Å²) in [6.45, 7) is 4.55. The van der Waals surface area contributed by atoms with E-state index in [-0.39, 0.29) is 20.4 Å². The first-order chi connectivity index (χ1) is 15.8. The first-order valence-corrected chi connectivity index (χ1v) is 13.1. The van der Waals surface area contributed by atoms with Crippen molar-refractivity contribution in [2.75, 3.05) is 0 Å². The minimum absolute atomic E-state index is 0. The molecule has 0 radical (unpaired) electrons. The van der Waals surface area contributed by atoms with Crippen LogP contribution in [0.25, 0.3) is 0 Å². The molecular formula is C30H44N2Pd. The Balaban J connectivity index is 0.00000544. The van der Waals surface area contributed by atoms with Crippen molar-refractivity contribution in [2.24, 2.45) is 9.98 Å². The van der Waals surface area contributed by atoms with Gasteiger partial charge in [0.1, 0.15) is 0 Å². The zero-order valence-corrected chi connectivity index (χ0v) is 22.4. The Morgan fingerprint density at radius 1 is 0.485 bits per heavy atom. The van der Waals surface area contributed by atoms with Crippen LogP contribution in [-0.2, 0) is 20.4 Å². The van der Waals surface area contributed by atoms with Gasteiger partial charge >= 0.3 is 0 Å². The normalized spacial score (nSPS) is 11.9. The van der Waals surface area contributed by atoms with Gasteiger partial charge < -0.3 is 0 Å². The molecule has 2 nitrogen and oxygen atoms in total. The molecule has 0 N–H and O–H groups in total. The van der Waals surface area contributed by atoms with Crippen molar-refractivity contribution >= 4 is 22.8 Å². The molecule has 2 aromatic rings. The minimum atomic E-state index is 0. The van der Waals surface area contributed by atoms with E-state index in [0.29, 0.717) is 0 Å². The zero-order valence-electron chi connectivity index (χ0n) is 20.9. The number of rotatable bonds is 17. The van der Waals surface area contributed by atoms with Crippen LogP contribution in [-0.4, -0.2) is 11.4 Å². The Morgan fingerprint density at radius 3 is 1.18 bits per heavy atom. The average Bonchev–Trinajstić information content (AvgIpc) is 2.83. The molecule has 0 atom stereocenters. The minimum Gasteiger partial charge on any atom is -0.252 e. The molecule has 0 saturated carbocycles. The van der Waals surface area contributed by atoms with Crippen molar-refractivity contribution in [2.45, 2.75) is 104 Å². The summed E-state index contributed by atoms with van der Waals surface area (Å²) in [6.07, 6.45) is 17.6. The molecule has 2 rings (SSSR count). The van der Waals surface area contributed by atoms with Gasteiger partial charge in [-0.05, 0) is 49.9 Å². The summed E-state index contributed by atoms with van der Waals surface area (Å²) in [6, 6.07) is 20.8. The van der Waals surface area contributed by atoms with Crippen LogP contribution >= 0.6 is 0 Å². The number of unbranched alkanes of at least 4 members (excludes halogenated alkanes) is 10. The second-order valence-corrected chi connectivity index (χ2v) is 8.82. The first-order valence-electron chi connectivity index (χ1n) is 13.1. The second kappa shape index (κ2) is 19.9. The maximum atomic E-state index is 5.10. The molecule has 0 amide bonds. The third kappa shape index (κ3) is 13.7. The van der Waals surface area contributed by atoms with Gasteiger partial charge in [-0.2, -0.15) is 0 Å². The summed E-state index contributed by atoms with van der Waals surface area (Å²) in [7, 11) is 0. The number of nitrogens with zero attached hydrogens (tertiary/aromatic N) is 2. The van der Waals surface area contributed by atoms with Gasteiger partial charge in [0.15, 0.2) is 0 Å². The number of hydrogen-bond acceptors (Lipinski definition) is 2. The third-order valence-corrected chi connectivity index (χ3v) is 5.91. The Hall–Kier alpha value is -1.56. The molecule has 0 aliphatic heterocycles. The molecule has 33 heavy (non-hydrogen) atoms. The summed E-state index contributed by atoms with van der Waals surface area (Å²) in [5.74, 6) is 0. The predicted molar refractivity (Wildman–Crippen MR) is 143 cm³/mol. The van der Waals surface area contributed by atoms with Crippen LogP contribution in [0.1, 0.15) is 104 Å². The standard InChI is InChI=1S/C30H44N2.Pd/c1-3-5-7-9-11-19-25-29(31-27-21-15-13-16-22-27)30(26-20-12-10-8-6-4-2)32-28-23-17-14-18-24-28;/h13-18,21-24H,3-12,19-20,25-26H2,1-2H3;. The van der Waals surface area contributed by atoms with Gasteiger partial charge in [0.2, 0.25) is 0 Å². The van der Waals surface area contributed by atoms with Crippen molar-refractivity contribution in [1.29, 1.82) is 0 Å². The number of benzene rings is 2. The Kier molecular flexibility index (Phi) is 17.7. The number of aliphatic imine (C=N–C) groups is 2. The quantitative estimate of drug-likeness (QED) is 0.109. The van der Waals surface area contributed by atoms with Gasteiger partial charge in [-0.25, -0.2) is 0 Å². The van der Waals surface area contributed by atoms with Crippen LogP contribution in [0.3, 0.4) is 0 Å². The van der Waals surface area contributed by atoms with Gasteiger partial charge in [0.05, 0.1) is 22.8 Å². The average molecular weight is 539 g/mol. The SMILES string of the molecule is CCCCCCCCC(=Nc1ccccc1)C(CCCCCCCC)=Nc1ccccc1.[Pd]. The molecule has 0 aliphatic rings. The van der Waals surface area contributed by atoms with Crippen LogP contribution < -0.4 is 0 Å². The molecule has 0 bridgehead atoms. The largest absolute Gasteiger partial charge is 0.252 e. The van der Waals surface area contributed by atoms with Crippen molar-refractivity contribution < 1.29 is 20.4 Å². The predicted octanol–water partition coefficient (Wildman–Crippen LogP) is 10.0. The van der Waals surface area contributed by atoms with Gasteiger partial charge in [0.25, 0.3) is 0 Å². The third-order valence-electron chi connectivity index (χ3n) is 5.91. The van der Waals surface area contributed by atoms with Crippen molar-refractivity contribution in [3.63, 3.8) is 0 Å². The van der Waals surface area contributed by atoms with E-state index < -0.39 is 0 Å². The van der Waals surface area contributed by atoms with Crippen molar-refractivity contribution in [3.05, 3.63) is 60.7 Å². The molecule has 3 heteroatoms. The molecule has 0 aliphatic carbocycles. The monoisotopic (exact) mass is 538 g/mol. The Morgan fingerprint density at radius 2 is 0.818 bits per heavy atom. The number of para-hydroxylation sites is 2. The summed E-state index contributed by atoms with van der Waals surface area (Å²) < 4.78 is 0. The molecule has 2 aromatic carbocycles. The van der Waals surface area contributed by atoms with E-state index in [9.17, 15) is 0 Å². The second-order valence-electron chi connectivity index (χ2n) is 8.82. The van der Waals surface area contributed by atoms with E-state index in [0.717, 1.165) is 24.2 Å². The molecule has 0 saturated heterocycles. The van der Waals surface area contributed by atoms with E-state index >= 15 is 0 Å². The summed E-state index contributed by atoms with van der Waals surface area (Å²) in [5.41, 5.74) is 4.45. The fourth-order valence-electron chi connectivity index (χ4n) is 3.99. The van der Waals surface area contributed by atoms with E-state index in [1.165, 1.54) is 88.5 Å². The fraction of sp³-hybridized carbons (Fsp3) is 0.533. The van der Waals surface area contributed by atoms with Crippen LogP contribution in [0, 0.1) is 0 Å². The van der Waals surface area contributed by atoms with Crippen LogP contribution in [0.5, 0.6) is 0 Å². The fourth-order valence-corrected chi connectivity index (χ4v) is 3.99. The molecule has 0 fully saturated rings. The van der Waals surface area contributed by atoms with Gasteiger partial charge in [-0.3, -0.25) is 9.98 Å². The maximum Gasteiger partial charge on any atom is 0.0633 e. The summed E-state index contributed by atoms with van der Waals surface area (Å²) in [5, 5.41) is 0. The smallest absolute Gasteiger partial charge is 0.0633 e. The topological polar surface area (TPSA) is 24.7 Å². The van der Waals surface area contributed by atoms with Crippen LogP contribution in [0.15, 0.2) is 70.6 Å². The van der Waals surface area contributed by atoms with Crippen molar-refractivity contribution in [1.82, 2.24) is 0 Å². The van der Waals surface area contributed by atoms with E-state index in [1.807, 2.05) is 0 Å². The summed E-state index contributed by atoms with van der Waals surface area (Å²) in [4.78, 5) is 10.2. The van der Waals surface area contributed by atoms with E-state index in [1.54, 1.807) is 0 Å². The van der Waals surface area contributed by atoms with Gasteiger partial charge in [-0.1, -0.05) is 114 Å². The van der Waals surface area contributed by atoms with Gasteiger partial charge in [0, 0.05) is 20.4 Å². The molecule has 0 heterocycles. The maximum absolute atomic E-state index is 5.10. The summed E-state index contributed by atoms with van der Waals surface area (Å²) >= 11 is 0. The molecule has 184 valence electrons. The Bertz CT molecular complexity index is 701. The van der Waals surface area contributed by atoms with E-state index in [2.05, 4.69) is 74.5 Å². The Labute approximate surface area is 217 Å². The first kappa shape index (κ1) is 29.5. The van der Waals surface area contributed by atoms with Gasteiger partial charge in [-0.15, -0.1) is 0 Å².